The Morgan fingerprint density at radius 1 is 1.75 bits per heavy atom. The molecule has 0 bridgehead atoms. The van der Waals surface area contributed by atoms with Gasteiger partial charge in [0, 0.05) is 17.1 Å². The maximum atomic E-state index is 5.86. The van der Waals surface area contributed by atoms with E-state index in [1.165, 1.54) is 0 Å². The van der Waals surface area contributed by atoms with Gasteiger partial charge >= 0.3 is 0 Å². The van der Waals surface area contributed by atoms with Crippen molar-refractivity contribution in [3.63, 3.8) is 0 Å². The first kappa shape index (κ1) is 9.01. The van der Waals surface area contributed by atoms with E-state index in [2.05, 4.69) is 5.73 Å². The van der Waals surface area contributed by atoms with E-state index in [9.17, 15) is 0 Å². The van der Waals surface area contributed by atoms with Gasteiger partial charge in [-0.15, -0.1) is 0 Å². The molecule has 0 rings (SSSR count). The molecule has 0 aromatic carbocycles. The third-order valence-electron chi connectivity index (χ3n) is 0. The van der Waals surface area contributed by atoms with Crippen molar-refractivity contribution in [1.82, 2.24) is 0 Å². The van der Waals surface area contributed by atoms with Crippen LogP contribution in [-0.2, 0) is 17.1 Å². The Bertz CT molecular complexity index is 13.5. The summed E-state index contributed by atoms with van der Waals surface area (Å²) >= 11 is 0. The van der Waals surface area contributed by atoms with E-state index in [4.69, 9.17) is 5.41 Å². The summed E-state index contributed by atoms with van der Waals surface area (Å²) in [5, 5.41) is 5.86. The first-order valence-corrected chi connectivity index (χ1v) is 0.622. The maximum Gasteiger partial charge on any atom is 0.0765 e. The predicted molar refractivity (Wildman–Crippen MR) is 13.0 cm³/mol. The van der Waals surface area contributed by atoms with Gasteiger partial charge < -0.3 is 5.73 Å². The Kier molecular flexibility index (Phi) is 27.2. The van der Waals surface area contributed by atoms with Crippen LogP contribution < -0.4 is 5.73 Å². The minimum absolute atomic E-state index is 0. The van der Waals surface area contributed by atoms with Gasteiger partial charge in [0.1, 0.15) is 0 Å². The van der Waals surface area contributed by atoms with Gasteiger partial charge in [-0.3, -0.25) is 5.41 Å². The number of rotatable bonds is 0. The van der Waals surface area contributed by atoms with Crippen LogP contribution in [0.3, 0.4) is 0 Å². The third-order valence-corrected chi connectivity index (χ3v) is 0. The number of hydrogen-bond acceptors (Lipinski definition) is 1. The fourth-order valence-corrected chi connectivity index (χ4v) is 0. The Labute approximate surface area is 35.4 Å². The van der Waals surface area contributed by atoms with Crippen molar-refractivity contribution in [1.29, 1.82) is 5.41 Å². The first-order chi connectivity index (χ1) is 1.41. The van der Waals surface area contributed by atoms with Gasteiger partial charge in [-0.25, -0.2) is 0 Å². The van der Waals surface area contributed by atoms with Gasteiger partial charge in [0.25, 0.3) is 0 Å². The molecule has 0 atom stereocenters. The second-order valence-electron chi connectivity index (χ2n) is 0.167. The summed E-state index contributed by atoms with van der Waals surface area (Å²) in [5.74, 6) is 0. The van der Waals surface area contributed by atoms with Gasteiger partial charge in [0.15, 0.2) is 0 Å². The normalized spacial score (nSPS) is 3.00. The fraction of sp³-hybridized carbons (Fsp3) is 0. The van der Waals surface area contributed by atoms with Crippen molar-refractivity contribution in [2.75, 3.05) is 0 Å². The molecule has 0 heterocycles. The minimum atomic E-state index is 0. The molecule has 26 valence electrons. The van der Waals surface area contributed by atoms with Gasteiger partial charge in [-0.05, 0) is 0 Å². The number of hydrogen-bond donors (Lipinski definition) is 2. The molecule has 0 aliphatic carbocycles. The third kappa shape index (κ3) is 17600. The van der Waals surface area contributed by atoms with Crippen LogP contribution in [0.25, 0.3) is 0 Å². The smallest absolute Gasteiger partial charge is 0.0765 e. The van der Waals surface area contributed by atoms with Crippen LogP contribution in [0.1, 0.15) is 0 Å². The molecule has 0 saturated heterocycles. The largest absolute Gasteiger partial charge is 0.390 e. The number of nitrogens with two attached hydrogens (primary N) is 1. The number of nitrogens with one attached hydrogen (secondary N) is 1. The first-order valence-electron chi connectivity index (χ1n) is 0.622. The predicted octanol–water partition coefficient (Wildman–Crippen LogP) is -0.450. The SMILES string of the molecule is N=CN.[Fe]. The summed E-state index contributed by atoms with van der Waals surface area (Å²) in [5.41, 5.74) is 4.39. The Morgan fingerprint density at radius 2 is 1.75 bits per heavy atom. The van der Waals surface area contributed by atoms with E-state index < -0.39 is 0 Å². The zero-order valence-electron chi connectivity index (χ0n) is 2.01. The maximum absolute atomic E-state index is 5.86. The van der Waals surface area contributed by atoms with Crippen molar-refractivity contribution in [2.45, 2.75) is 0 Å². The molecule has 0 aromatic heterocycles. The van der Waals surface area contributed by atoms with Crippen molar-refractivity contribution in [3.05, 3.63) is 0 Å². The molecule has 0 spiro atoms. The Balaban J connectivity index is 0. The van der Waals surface area contributed by atoms with Gasteiger partial charge in [0.2, 0.25) is 0 Å². The van der Waals surface area contributed by atoms with Crippen molar-refractivity contribution < 1.29 is 17.1 Å². The second-order valence-corrected chi connectivity index (χ2v) is 0.167. The molecule has 0 fully saturated rings. The molecule has 0 saturated carbocycles. The van der Waals surface area contributed by atoms with Gasteiger partial charge in [0.05, 0.1) is 6.34 Å². The van der Waals surface area contributed by atoms with E-state index in [0.717, 1.165) is 6.34 Å². The molecule has 0 aliphatic rings. The van der Waals surface area contributed by atoms with Crippen molar-refractivity contribution in [2.24, 2.45) is 5.73 Å². The van der Waals surface area contributed by atoms with E-state index in [0.29, 0.717) is 0 Å². The topological polar surface area (TPSA) is 49.9 Å². The van der Waals surface area contributed by atoms with Crippen LogP contribution in [0, 0.1) is 5.41 Å². The van der Waals surface area contributed by atoms with Crippen LogP contribution in [0.5, 0.6) is 0 Å². The van der Waals surface area contributed by atoms with Gasteiger partial charge in [-0.1, -0.05) is 0 Å². The molecule has 0 aromatic rings. The Morgan fingerprint density at radius 3 is 1.75 bits per heavy atom. The summed E-state index contributed by atoms with van der Waals surface area (Å²) in [6.45, 7) is 0. The van der Waals surface area contributed by atoms with Gasteiger partial charge in [-0.2, -0.15) is 0 Å². The molecule has 0 amide bonds. The molecular formula is CH4FeN2. The molecule has 3 heteroatoms. The monoisotopic (exact) mass is 100.0 g/mol. The van der Waals surface area contributed by atoms with Crippen LogP contribution in [-0.4, -0.2) is 6.34 Å². The van der Waals surface area contributed by atoms with Crippen LogP contribution in [0.2, 0.25) is 0 Å². The molecular weight excluding hydrogens is 95.9 g/mol. The fourth-order valence-electron chi connectivity index (χ4n) is 0. The van der Waals surface area contributed by atoms with Crippen molar-refractivity contribution >= 4 is 6.34 Å². The van der Waals surface area contributed by atoms with Crippen LogP contribution >= 0.6 is 0 Å². The second kappa shape index (κ2) is 12.1. The summed E-state index contributed by atoms with van der Waals surface area (Å²) < 4.78 is 0. The van der Waals surface area contributed by atoms with Crippen LogP contribution in [0.4, 0.5) is 0 Å². The van der Waals surface area contributed by atoms with Crippen LogP contribution in [0.15, 0.2) is 0 Å². The molecule has 0 unspecified atom stereocenters. The Hall–Kier alpha value is -0.0105. The van der Waals surface area contributed by atoms with E-state index in [1.807, 2.05) is 0 Å². The summed E-state index contributed by atoms with van der Waals surface area (Å²) in [4.78, 5) is 0. The molecule has 0 radical (unpaired) electrons. The van der Waals surface area contributed by atoms with E-state index >= 15 is 0 Å². The van der Waals surface area contributed by atoms with Crippen molar-refractivity contribution in [3.8, 4) is 0 Å². The molecule has 4 heavy (non-hydrogen) atoms. The zero-order valence-corrected chi connectivity index (χ0v) is 3.11. The summed E-state index contributed by atoms with van der Waals surface area (Å²) in [6.07, 6.45) is 0.750. The van der Waals surface area contributed by atoms with E-state index in [1.54, 1.807) is 0 Å². The molecule has 3 N–H and O–H groups in total. The average Bonchev–Trinajstić information content (AvgIpc) is 0.918. The minimum Gasteiger partial charge on any atom is -0.390 e. The average molecular weight is 99.9 g/mol. The summed E-state index contributed by atoms with van der Waals surface area (Å²) in [6, 6.07) is 0. The van der Waals surface area contributed by atoms with E-state index in [-0.39, 0.29) is 17.1 Å². The molecule has 2 nitrogen and oxygen atoms in total. The quantitative estimate of drug-likeness (QED) is 0.241. The summed E-state index contributed by atoms with van der Waals surface area (Å²) in [7, 11) is 0. The standard InChI is InChI=1S/CH4N2.Fe/c2-1-3;/h1H,(H3,2,3);. The zero-order chi connectivity index (χ0) is 2.71. The molecule has 0 aliphatic heterocycles.